The first-order chi connectivity index (χ1) is 14.3. The van der Waals surface area contributed by atoms with Gasteiger partial charge in [-0.05, 0) is 50.1 Å². The summed E-state index contributed by atoms with van der Waals surface area (Å²) in [7, 11) is 0. The van der Waals surface area contributed by atoms with E-state index in [-0.39, 0.29) is 12.3 Å². The normalized spacial score (nSPS) is 12.0. The minimum absolute atomic E-state index is 0.125. The molecule has 3 aromatic rings. The van der Waals surface area contributed by atoms with Crippen molar-refractivity contribution in [2.24, 2.45) is 5.73 Å². The molecule has 2 amide bonds. The van der Waals surface area contributed by atoms with Gasteiger partial charge in [0.1, 0.15) is 11.6 Å². The first-order valence-corrected chi connectivity index (χ1v) is 10.5. The Morgan fingerprint density at radius 1 is 1.27 bits per heavy atom. The summed E-state index contributed by atoms with van der Waals surface area (Å²) >= 11 is 1.30. The van der Waals surface area contributed by atoms with E-state index in [1.807, 2.05) is 49.6 Å². The highest BCUT2D eigenvalue weighted by atomic mass is 32.2. The number of anilines is 1. The molecule has 0 aliphatic carbocycles. The van der Waals surface area contributed by atoms with Gasteiger partial charge in [-0.1, -0.05) is 23.9 Å². The maximum Gasteiger partial charge on any atom is 0.237 e. The highest BCUT2D eigenvalue weighted by Gasteiger charge is 2.21. The van der Waals surface area contributed by atoms with Crippen LogP contribution in [0.3, 0.4) is 0 Å². The number of carbonyl (C=O) groups is 2. The molecule has 0 aliphatic heterocycles. The van der Waals surface area contributed by atoms with Gasteiger partial charge in [-0.25, -0.2) is 0 Å². The van der Waals surface area contributed by atoms with Gasteiger partial charge in [0.2, 0.25) is 11.8 Å². The second-order valence-corrected chi connectivity index (χ2v) is 8.41. The minimum atomic E-state index is -0.409. The van der Waals surface area contributed by atoms with Crippen LogP contribution < -0.4 is 11.1 Å². The van der Waals surface area contributed by atoms with Gasteiger partial charge in [0.05, 0.1) is 18.1 Å². The Morgan fingerprint density at radius 3 is 2.77 bits per heavy atom. The average Bonchev–Trinajstić information content (AvgIpc) is 3.34. The molecule has 0 aliphatic rings. The van der Waals surface area contributed by atoms with Crippen molar-refractivity contribution in [3.63, 3.8) is 0 Å². The standard InChI is InChI=1S/C21H25N5O3S/c1-13-6-7-14(2)17(11-13)23-20(28)15(3)30-21-25-24-19(9-8-18(22)27)26(21)12-16-5-4-10-29-16/h4-7,10-11,15H,8-9,12H2,1-3H3,(H2,22,27)(H,23,28)/t15-/m1/s1. The van der Waals surface area contributed by atoms with Gasteiger partial charge in [-0.15, -0.1) is 10.2 Å². The Balaban J connectivity index is 1.76. The Kier molecular flexibility index (Phi) is 6.94. The molecule has 2 aromatic heterocycles. The molecular formula is C21H25N5O3S. The number of hydrogen-bond acceptors (Lipinski definition) is 6. The van der Waals surface area contributed by atoms with Crippen molar-refractivity contribution < 1.29 is 14.0 Å². The number of hydrogen-bond donors (Lipinski definition) is 2. The smallest absolute Gasteiger partial charge is 0.237 e. The largest absolute Gasteiger partial charge is 0.467 e. The van der Waals surface area contributed by atoms with E-state index in [4.69, 9.17) is 10.2 Å². The maximum absolute atomic E-state index is 12.8. The van der Waals surface area contributed by atoms with Crippen LogP contribution in [0.25, 0.3) is 0 Å². The third-order valence-electron chi connectivity index (χ3n) is 4.58. The van der Waals surface area contributed by atoms with Crippen molar-refractivity contribution in [1.82, 2.24) is 14.8 Å². The molecule has 9 heteroatoms. The molecule has 0 radical (unpaired) electrons. The lowest BCUT2D eigenvalue weighted by Crippen LogP contribution is -2.23. The Bertz CT molecular complexity index is 1030. The maximum atomic E-state index is 12.8. The fourth-order valence-electron chi connectivity index (χ4n) is 2.86. The number of carbonyl (C=O) groups excluding carboxylic acids is 2. The molecule has 2 heterocycles. The lowest BCUT2D eigenvalue weighted by molar-refractivity contribution is -0.118. The van der Waals surface area contributed by atoms with Crippen molar-refractivity contribution in [2.45, 2.75) is 50.6 Å². The second-order valence-electron chi connectivity index (χ2n) is 7.10. The monoisotopic (exact) mass is 427 g/mol. The summed E-state index contributed by atoms with van der Waals surface area (Å²) in [5.74, 6) is 0.817. The van der Waals surface area contributed by atoms with E-state index in [1.54, 1.807) is 12.3 Å². The number of aryl methyl sites for hydroxylation is 3. The third kappa shape index (κ3) is 5.50. The number of nitrogens with one attached hydrogen (secondary N) is 1. The predicted octanol–water partition coefficient (Wildman–Crippen LogP) is 3.07. The fourth-order valence-corrected chi connectivity index (χ4v) is 3.73. The van der Waals surface area contributed by atoms with Crippen LogP contribution in [0, 0.1) is 13.8 Å². The van der Waals surface area contributed by atoms with Crippen molar-refractivity contribution in [1.29, 1.82) is 0 Å². The number of aromatic nitrogens is 3. The van der Waals surface area contributed by atoms with Gasteiger partial charge in [0.15, 0.2) is 5.16 Å². The number of thioether (sulfide) groups is 1. The van der Waals surface area contributed by atoms with Crippen molar-refractivity contribution in [2.75, 3.05) is 5.32 Å². The molecule has 0 unspecified atom stereocenters. The van der Waals surface area contributed by atoms with Crippen molar-refractivity contribution >= 4 is 29.3 Å². The predicted molar refractivity (Wildman–Crippen MR) is 115 cm³/mol. The molecule has 0 spiro atoms. The molecule has 158 valence electrons. The molecule has 0 bridgehead atoms. The lowest BCUT2D eigenvalue weighted by Gasteiger charge is -2.14. The molecule has 1 atom stereocenters. The van der Waals surface area contributed by atoms with Gasteiger partial charge >= 0.3 is 0 Å². The fraction of sp³-hybridized carbons (Fsp3) is 0.333. The molecular weight excluding hydrogens is 402 g/mol. The average molecular weight is 428 g/mol. The number of nitrogens with two attached hydrogens (primary N) is 1. The Labute approximate surface area is 179 Å². The number of nitrogens with zero attached hydrogens (tertiary/aromatic N) is 3. The van der Waals surface area contributed by atoms with Gasteiger partial charge in [0.25, 0.3) is 0 Å². The van der Waals surface area contributed by atoms with Crippen LogP contribution in [0.5, 0.6) is 0 Å². The van der Waals surface area contributed by atoms with Crippen molar-refractivity contribution in [3.8, 4) is 0 Å². The number of rotatable bonds is 9. The summed E-state index contributed by atoms with van der Waals surface area (Å²) < 4.78 is 7.30. The molecule has 0 saturated heterocycles. The van der Waals surface area contributed by atoms with Gasteiger partial charge in [0, 0.05) is 18.5 Å². The third-order valence-corrected chi connectivity index (χ3v) is 5.67. The summed E-state index contributed by atoms with van der Waals surface area (Å²) in [6.45, 7) is 6.16. The number of benzene rings is 1. The molecule has 30 heavy (non-hydrogen) atoms. The molecule has 0 fully saturated rings. The van der Waals surface area contributed by atoms with Gasteiger partial charge in [-0.2, -0.15) is 0 Å². The zero-order chi connectivity index (χ0) is 21.7. The molecule has 8 nitrogen and oxygen atoms in total. The topological polar surface area (TPSA) is 116 Å². The van der Waals surface area contributed by atoms with Gasteiger partial charge in [-0.3, -0.25) is 14.2 Å². The number of primary amides is 1. The van der Waals surface area contributed by atoms with Gasteiger partial charge < -0.3 is 15.5 Å². The van der Waals surface area contributed by atoms with E-state index in [0.717, 1.165) is 22.6 Å². The van der Waals surface area contributed by atoms with E-state index in [1.165, 1.54) is 11.8 Å². The number of amides is 2. The van der Waals surface area contributed by atoms with Crippen LogP contribution in [0.4, 0.5) is 5.69 Å². The zero-order valence-corrected chi connectivity index (χ0v) is 18.0. The highest BCUT2D eigenvalue weighted by molar-refractivity contribution is 8.00. The molecule has 3 N–H and O–H groups in total. The van der Waals surface area contributed by atoms with E-state index in [0.29, 0.717) is 23.9 Å². The Hall–Kier alpha value is -3.07. The molecule has 3 rings (SSSR count). The van der Waals surface area contributed by atoms with Crippen LogP contribution >= 0.6 is 11.8 Å². The van der Waals surface area contributed by atoms with Crippen LogP contribution in [-0.2, 0) is 22.6 Å². The van der Waals surface area contributed by atoms with E-state index in [2.05, 4.69) is 15.5 Å². The second kappa shape index (κ2) is 9.62. The quantitative estimate of drug-likeness (QED) is 0.507. The summed E-state index contributed by atoms with van der Waals surface area (Å²) in [6, 6.07) is 9.59. The first kappa shape index (κ1) is 21.6. The van der Waals surface area contributed by atoms with E-state index < -0.39 is 11.2 Å². The summed E-state index contributed by atoms with van der Waals surface area (Å²) in [6.07, 6.45) is 2.13. The zero-order valence-electron chi connectivity index (χ0n) is 17.2. The Morgan fingerprint density at radius 2 is 2.07 bits per heavy atom. The summed E-state index contributed by atoms with van der Waals surface area (Å²) in [4.78, 5) is 23.9. The SMILES string of the molecule is Cc1ccc(C)c(NC(=O)[C@@H](C)Sc2nnc(CCC(N)=O)n2Cc2ccco2)c1. The van der Waals surface area contributed by atoms with Crippen LogP contribution in [-0.4, -0.2) is 31.8 Å². The molecule has 0 saturated carbocycles. The van der Waals surface area contributed by atoms with Crippen LogP contribution in [0.15, 0.2) is 46.2 Å². The van der Waals surface area contributed by atoms with E-state index >= 15 is 0 Å². The van der Waals surface area contributed by atoms with E-state index in [9.17, 15) is 9.59 Å². The minimum Gasteiger partial charge on any atom is -0.467 e. The lowest BCUT2D eigenvalue weighted by atomic mass is 10.1. The van der Waals surface area contributed by atoms with Crippen LogP contribution in [0.2, 0.25) is 0 Å². The number of furan rings is 1. The first-order valence-electron chi connectivity index (χ1n) is 9.61. The summed E-state index contributed by atoms with van der Waals surface area (Å²) in [5.41, 5.74) is 8.15. The van der Waals surface area contributed by atoms with Crippen LogP contribution in [0.1, 0.15) is 36.1 Å². The highest BCUT2D eigenvalue weighted by Crippen LogP contribution is 2.26. The summed E-state index contributed by atoms with van der Waals surface area (Å²) in [5, 5.41) is 11.6. The van der Waals surface area contributed by atoms with Crippen molar-refractivity contribution in [3.05, 3.63) is 59.3 Å². The molecule has 1 aromatic carbocycles.